The second-order valence-corrected chi connectivity index (χ2v) is 8.00. The molecule has 1 aliphatic rings. The molecule has 4 rings (SSSR count). The van der Waals surface area contributed by atoms with Crippen LogP contribution < -0.4 is 10.6 Å². The predicted octanol–water partition coefficient (Wildman–Crippen LogP) is 1.90. The van der Waals surface area contributed by atoms with Crippen LogP contribution in [0.4, 0.5) is 0 Å². The Morgan fingerprint density at radius 2 is 2.19 bits per heavy atom. The summed E-state index contributed by atoms with van der Waals surface area (Å²) in [4.78, 5) is 26.7. The van der Waals surface area contributed by atoms with Gasteiger partial charge in [-0.05, 0) is 46.2 Å². The summed E-state index contributed by atoms with van der Waals surface area (Å²) in [6.45, 7) is 8.04. The molecule has 0 bridgehead atoms. The third-order valence-corrected chi connectivity index (χ3v) is 6.05. The molecule has 4 heterocycles. The standard InChI is InChI=1S/C18H23N7OS/c1-10-7-11(2)25-18(21-10)23-14(24-25)9-20-16(26)15-12(3)22-17(27-15)13-5-4-6-19-8-13/h7,13,19H,4-6,8-9H2,1-3H3,(H,20,26). The van der Waals surface area contributed by atoms with Crippen LogP contribution in [0.5, 0.6) is 0 Å². The van der Waals surface area contributed by atoms with Crippen LogP contribution in [0, 0.1) is 20.8 Å². The van der Waals surface area contributed by atoms with Gasteiger partial charge in [0.15, 0.2) is 5.82 Å². The quantitative estimate of drug-likeness (QED) is 0.712. The SMILES string of the molecule is Cc1cc(C)n2nc(CNC(=O)c3sc(C4CCCNC4)nc3C)nc2n1. The van der Waals surface area contributed by atoms with Crippen molar-refractivity contribution in [2.75, 3.05) is 13.1 Å². The maximum atomic E-state index is 12.6. The summed E-state index contributed by atoms with van der Waals surface area (Å²) < 4.78 is 1.70. The number of aromatic nitrogens is 5. The van der Waals surface area contributed by atoms with Gasteiger partial charge < -0.3 is 10.6 Å². The van der Waals surface area contributed by atoms with Gasteiger partial charge in [0.2, 0.25) is 0 Å². The lowest BCUT2D eigenvalue weighted by molar-refractivity contribution is 0.0953. The first-order valence-electron chi connectivity index (χ1n) is 9.17. The second-order valence-electron chi connectivity index (χ2n) is 6.97. The Kier molecular flexibility index (Phi) is 4.88. The molecule has 1 atom stereocenters. The van der Waals surface area contributed by atoms with Crippen LogP contribution in [0.2, 0.25) is 0 Å². The number of piperidine rings is 1. The predicted molar refractivity (Wildman–Crippen MR) is 103 cm³/mol. The first-order valence-corrected chi connectivity index (χ1v) is 9.99. The van der Waals surface area contributed by atoms with E-state index in [1.165, 1.54) is 11.3 Å². The molecule has 2 N–H and O–H groups in total. The summed E-state index contributed by atoms with van der Waals surface area (Å²) in [5.74, 6) is 1.38. The van der Waals surface area contributed by atoms with Gasteiger partial charge in [0, 0.05) is 23.9 Å². The summed E-state index contributed by atoms with van der Waals surface area (Å²) in [5, 5.41) is 11.8. The van der Waals surface area contributed by atoms with Crippen LogP contribution in [-0.4, -0.2) is 43.6 Å². The molecular weight excluding hydrogens is 362 g/mol. The zero-order chi connectivity index (χ0) is 19.0. The van der Waals surface area contributed by atoms with E-state index in [1.54, 1.807) is 4.52 Å². The molecule has 1 saturated heterocycles. The van der Waals surface area contributed by atoms with Crippen LogP contribution in [0.3, 0.4) is 0 Å². The van der Waals surface area contributed by atoms with E-state index in [2.05, 4.69) is 30.7 Å². The molecule has 8 nitrogen and oxygen atoms in total. The van der Waals surface area contributed by atoms with Crippen LogP contribution >= 0.6 is 11.3 Å². The van der Waals surface area contributed by atoms with Crippen molar-refractivity contribution in [3.8, 4) is 0 Å². The van der Waals surface area contributed by atoms with Crippen molar-refractivity contribution in [1.29, 1.82) is 0 Å². The lowest BCUT2D eigenvalue weighted by Gasteiger charge is -2.20. The van der Waals surface area contributed by atoms with E-state index in [1.807, 2.05) is 26.8 Å². The molecule has 1 fully saturated rings. The summed E-state index contributed by atoms with van der Waals surface area (Å²) in [7, 11) is 0. The van der Waals surface area contributed by atoms with Crippen LogP contribution in [-0.2, 0) is 6.54 Å². The van der Waals surface area contributed by atoms with E-state index in [9.17, 15) is 4.79 Å². The van der Waals surface area contributed by atoms with Crippen molar-refractivity contribution in [2.45, 2.75) is 46.1 Å². The minimum absolute atomic E-state index is 0.125. The summed E-state index contributed by atoms with van der Waals surface area (Å²) >= 11 is 1.50. The minimum atomic E-state index is -0.125. The van der Waals surface area contributed by atoms with Crippen molar-refractivity contribution < 1.29 is 4.79 Å². The number of carbonyl (C=O) groups excluding carboxylic acids is 1. The zero-order valence-electron chi connectivity index (χ0n) is 15.7. The average molecular weight is 385 g/mol. The van der Waals surface area contributed by atoms with Crippen LogP contribution in [0.25, 0.3) is 5.78 Å². The molecule has 0 saturated carbocycles. The van der Waals surface area contributed by atoms with Gasteiger partial charge in [0.1, 0.15) is 4.88 Å². The van der Waals surface area contributed by atoms with Gasteiger partial charge in [-0.3, -0.25) is 4.79 Å². The third kappa shape index (κ3) is 3.70. The highest BCUT2D eigenvalue weighted by molar-refractivity contribution is 7.13. The number of amides is 1. The van der Waals surface area contributed by atoms with Crippen LogP contribution in [0.15, 0.2) is 6.07 Å². The van der Waals surface area contributed by atoms with Crippen molar-refractivity contribution in [2.24, 2.45) is 0 Å². The second kappa shape index (κ2) is 7.32. The molecule has 1 aliphatic heterocycles. The van der Waals surface area contributed by atoms with Gasteiger partial charge in [-0.25, -0.2) is 14.5 Å². The molecule has 3 aromatic rings. The molecular formula is C18H23N7OS. The monoisotopic (exact) mass is 385 g/mol. The number of aryl methyl sites for hydroxylation is 3. The fraction of sp³-hybridized carbons (Fsp3) is 0.500. The molecule has 0 radical (unpaired) electrons. The van der Waals surface area contributed by atoms with Crippen molar-refractivity contribution in [3.05, 3.63) is 38.9 Å². The third-order valence-electron chi connectivity index (χ3n) is 4.73. The number of hydrogen-bond acceptors (Lipinski definition) is 7. The highest BCUT2D eigenvalue weighted by Crippen LogP contribution is 2.29. The average Bonchev–Trinajstić information content (AvgIpc) is 3.24. The molecule has 0 spiro atoms. The number of thiazole rings is 1. The largest absolute Gasteiger partial charge is 0.344 e. The van der Waals surface area contributed by atoms with Crippen LogP contribution in [0.1, 0.15) is 56.3 Å². The first kappa shape index (κ1) is 18.0. The smallest absolute Gasteiger partial charge is 0.263 e. The van der Waals surface area contributed by atoms with E-state index in [4.69, 9.17) is 0 Å². The Labute approximate surface area is 161 Å². The Morgan fingerprint density at radius 3 is 2.96 bits per heavy atom. The number of rotatable bonds is 4. The highest BCUT2D eigenvalue weighted by atomic mass is 32.1. The number of fused-ring (bicyclic) bond motifs is 1. The van der Waals surface area contributed by atoms with Gasteiger partial charge in [-0.1, -0.05) is 0 Å². The summed E-state index contributed by atoms with van der Waals surface area (Å²) in [5.41, 5.74) is 2.65. The Hall–Kier alpha value is -2.39. The number of hydrogen-bond donors (Lipinski definition) is 2. The Bertz CT molecular complexity index is 987. The Morgan fingerprint density at radius 1 is 1.33 bits per heavy atom. The van der Waals surface area contributed by atoms with E-state index in [-0.39, 0.29) is 12.5 Å². The maximum absolute atomic E-state index is 12.6. The normalized spacial score (nSPS) is 17.4. The molecule has 142 valence electrons. The van der Waals surface area contributed by atoms with Gasteiger partial charge in [-0.2, -0.15) is 4.98 Å². The maximum Gasteiger partial charge on any atom is 0.263 e. The molecule has 9 heteroatoms. The Balaban J connectivity index is 1.46. The number of nitrogens with one attached hydrogen (secondary N) is 2. The molecule has 1 unspecified atom stereocenters. The minimum Gasteiger partial charge on any atom is -0.344 e. The molecule has 0 aliphatic carbocycles. The highest BCUT2D eigenvalue weighted by Gasteiger charge is 2.22. The van der Waals surface area contributed by atoms with E-state index >= 15 is 0 Å². The molecule has 1 amide bonds. The van der Waals surface area contributed by atoms with Gasteiger partial charge in [-0.15, -0.1) is 16.4 Å². The van der Waals surface area contributed by atoms with Crippen molar-refractivity contribution in [3.63, 3.8) is 0 Å². The molecule has 27 heavy (non-hydrogen) atoms. The molecule has 0 aromatic carbocycles. The van der Waals surface area contributed by atoms with Gasteiger partial charge in [0.05, 0.1) is 17.2 Å². The summed E-state index contributed by atoms with van der Waals surface area (Å²) in [6.07, 6.45) is 2.27. The van der Waals surface area contributed by atoms with E-state index < -0.39 is 0 Å². The van der Waals surface area contributed by atoms with Gasteiger partial charge in [0.25, 0.3) is 11.7 Å². The molecule has 3 aromatic heterocycles. The summed E-state index contributed by atoms with van der Waals surface area (Å²) in [6, 6.07) is 1.95. The lowest BCUT2D eigenvalue weighted by atomic mass is 10.0. The topological polar surface area (TPSA) is 97.1 Å². The van der Waals surface area contributed by atoms with Crippen molar-refractivity contribution in [1.82, 2.24) is 35.2 Å². The van der Waals surface area contributed by atoms with Gasteiger partial charge >= 0.3 is 0 Å². The zero-order valence-corrected chi connectivity index (χ0v) is 16.6. The lowest BCUT2D eigenvalue weighted by Crippen LogP contribution is -2.28. The van der Waals surface area contributed by atoms with E-state index in [0.717, 1.165) is 48.0 Å². The van der Waals surface area contributed by atoms with E-state index in [0.29, 0.717) is 22.4 Å². The number of nitrogens with zero attached hydrogens (tertiary/aromatic N) is 5. The van der Waals surface area contributed by atoms with Crippen molar-refractivity contribution >= 4 is 23.0 Å². The fourth-order valence-electron chi connectivity index (χ4n) is 3.39. The first-order chi connectivity index (χ1) is 13.0. The number of carbonyl (C=O) groups is 1. The fourth-order valence-corrected chi connectivity index (χ4v) is 4.51.